The van der Waals surface area contributed by atoms with Crippen molar-refractivity contribution in [3.05, 3.63) is 24.3 Å². The molecule has 2 heteroatoms. The van der Waals surface area contributed by atoms with Crippen LogP contribution in [0.2, 0.25) is 0 Å². The van der Waals surface area contributed by atoms with Gasteiger partial charge in [-0.05, 0) is 17.3 Å². The quantitative estimate of drug-likeness (QED) is 0.599. The second-order valence-corrected chi connectivity index (χ2v) is 6.12. The molecule has 90 valence electrons. The van der Waals surface area contributed by atoms with Gasteiger partial charge in [0.05, 0.1) is 0 Å². The van der Waals surface area contributed by atoms with Gasteiger partial charge in [-0.2, -0.15) is 0 Å². The first kappa shape index (κ1) is 10.9. The Hall–Kier alpha value is -1.18. The molecule has 3 rings (SSSR count). The molecule has 1 fully saturated rings. The van der Waals surface area contributed by atoms with E-state index in [9.17, 15) is 9.59 Å². The Morgan fingerprint density at radius 3 is 1.76 bits per heavy atom. The molecule has 4 unspecified atom stereocenters. The number of ketones is 2. The number of allylic oxidation sites excluding steroid dienone is 4. The van der Waals surface area contributed by atoms with E-state index in [2.05, 4.69) is 26.0 Å². The summed E-state index contributed by atoms with van der Waals surface area (Å²) in [5.41, 5.74) is 0.0744. The fourth-order valence-electron chi connectivity index (χ4n) is 4.04. The van der Waals surface area contributed by atoms with Crippen molar-refractivity contribution in [2.75, 3.05) is 0 Å². The van der Waals surface area contributed by atoms with Crippen molar-refractivity contribution in [2.24, 2.45) is 29.1 Å². The SMILES string of the molecule is CC1(C)C2C=CC1C1C(=O)C/C=C\CC(=O)C12. The molecule has 1 saturated carbocycles. The third kappa shape index (κ3) is 1.33. The molecule has 3 aliphatic carbocycles. The van der Waals surface area contributed by atoms with Gasteiger partial charge in [-0.1, -0.05) is 38.2 Å². The van der Waals surface area contributed by atoms with Crippen LogP contribution in [-0.4, -0.2) is 11.6 Å². The van der Waals surface area contributed by atoms with E-state index in [1.807, 2.05) is 12.2 Å². The largest absolute Gasteiger partial charge is 0.299 e. The summed E-state index contributed by atoms with van der Waals surface area (Å²) in [6.45, 7) is 4.39. The van der Waals surface area contributed by atoms with Crippen molar-refractivity contribution < 1.29 is 9.59 Å². The molecular formula is C15H18O2. The minimum absolute atomic E-state index is 0.0579. The van der Waals surface area contributed by atoms with Gasteiger partial charge >= 0.3 is 0 Å². The Morgan fingerprint density at radius 2 is 1.35 bits per heavy atom. The zero-order valence-electron chi connectivity index (χ0n) is 10.3. The summed E-state index contributed by atoms with van der Waals surface area (Å²) in [5, 5.41) is 0. The van der Waals surface area contributed by atoms with Gasteiger partial charge in [0, 0.05) is 24.7 Å². The monoisotopic (exact) mass is 230 g/mol. The predicted octanol–water partition coefficient (Wildman–Crippen LogP) is 2.55. The smallest absolute Gasteiger partial charge is 0.141 e. The Morgan fingerprint density at radius 1 is 0.941 bits per heavy atom. The van der Waals surface area contributed by atoms with Crippen LogP contribution in [0.1, 0.15) is 26.7 Å². The van der Waals surface area contributed by atoms with E-state index in [0.29, 0.717) is 12.8 Å². The summed E-state index contributed by atoms with van der Waals surface area (Å²) in [6, 6.07) is 0. The highest BCUT2D eigenvalue weighted by Gasteiger charge is 2.60. The first-order valence-corrected chi connectivity index (χ1v) is 6.42. The van der Waals surface area contributed by atoms with Gasteiger partial charge in [0.1, 0.15) is 11.6 Å². The van der Waals surface area contributed by atoms with Gasteiger partial charge in [-0.25, -0.2) is 0 Å². The number of hydrogen-bond donors (Lipinski definition) is 0. The molecule has 0 amide bonds. The first-order chi connectivity index (χ1) is 8.03. The van der Waals surface area contributed by atoms with Crippen LogP contribution >= 0.6 is 0 Å². The number of hydrogen-bond acceptors (Lipinski definition) is 2. The fourth-order valence-corrected chi connectivity index (χ4v) is 4.04. The van der Waals surface area contributed by atoms with Crippen LogP contribution in [0.25, 0.3) is 0 Å². The number of rotatable bonds is 0. The Labute approximate surface area is 102 Å². The lowest BCUT2D eigenvalue weighted by atomic mass is 9.75. The molecule has 0 aromatic heterocycles. The van der Waals surface area contributed by atoms with Crippen LogP contribution in [0, 0.1) is 29.1 Å². The zero-order valence-corrected chi connectivity index (χ0v) is 10.3. The summed E-state index contributed by atoms with van der Waals surface area (Å²) >= 11 is 0. The molecule has 0 aliphatic heterocycles. The molecule has 2 bridgehead atoms. The minimum atomic E-state index is -0.0579. The van der Waals surface area contributed by atoms with E-state index >= 15 is 0 Å². The standard InChI is InChI=1S/C15H18O2/c1-15(2)9-7-8-10(15)14-12(17)6-4-3-5-11(16)13(9)14/h3-4,7-10,13-14H,5-6H2,1-2H3/b4-3-. The molecular weight excluding hydrogens is 212 g/mol. The fraction of sp³-hybridized carbons (Fsp3) is 0.600. The van der Waals surface area contributed by atoms with Crippen molar-refractivity contribution in [3.63, 3.8) is 0 Å². The van der Waals surface area contributed by atoms with Crippen LogP contribution in [0.3, 0.4) is 0 Å². The lowest BCUT2D eigenvalue weighted by Gasteiger charge is -2.26. The van der Waals surface area contributed by atoms with Crippen LogP contribution in [0.15, 0.2) is 24.3 Å². The second-order valence-electron chi connectivity index (χ2n) is 6.12. The van der Waals surface area contributed by atoms with Crippen LogP contribution in [0.4, 0.5) is 0 Å². The molecule has 0 aromatic carbocycles. The number of carbonyl (C=O) groups excluding carboxylic acids is 2. The zero-order chi connectivity index (χ0) is 12.2. The first-order valence-electron chi connectivity index (χ1n) is 6.42. The maximum atomic E-state index is 12.2. The highest BCUT2D eigenvalue weighted by molar-refractivity contribution is 5.94. The molecule has 4 atom stereocenters. The van der Waals surface area contributed by atoms with Gasteiger partial charge in [0.25, 0.3) is 0 Å². The van der Waals surface area contributed by atoms with Crippen molar-refractivity contribution in [3.8, 4) is 0 Å². The van der Waals surface area contributed by atoms with Crippen molar-refractivity contribution in [2.45, 2.75) is 26.7 Å². The number of fused-ring (bicyclic) bond motifs is 5. The highest BCUT2D eigenvalue weighted by Crippen LogP contribution is 2.60. The van der Waals surface area contributed by atoms with Crippen LogP contribution in [0.5, 0.6) is 0 Å². The highest BCUT2D eigenvalue weighted by atomic mass is 16.1. The normalized spacial score (nSPS) is 44.4. The van der Waals surface area contributed by atoms with Gasteiger partial charge in [0.2, 0.25) is 0 Å². The Bertz CT molecular complexity index is 404. The van der Waals surface area contributed by atoms with Crippen LogP contribution in [-0.2, 0) is 9.59 Å². The molecule has 0 saturated heterocycles. The molecule has 0 heterocycles. The Balaban J connectivity index is 2.07. The minimum Gasteiger partial charge on any atom is -0.299 e. The molecule has 2 nitrogen and oxygen atoms in total. The predicted molar refractivity (Wildman–Crippen MR) is 65.3 cm³/mol. The number of Topliss-reactive ketones (excluding diaryl/α,β-unsaturated/α-hetero) is 2. The summed E-state index contributed by atoms with van der Waals surface area (Å²) in [5.74, 6) is 0.921. The third-order valence-electron chi connectivity index (χ3n) is 4.95. The van der Waals surface area contributed by atoms with E-state index in [1.54, 1.807) is 0 Å². The lowest BCUT2D eigenvalue weighted by Crippen LogP contribution is -2.33. The summed E-state index contributed by atoms with van der Waals surface area (Å²) in [6.07, 6.45) is 9.06. The van der Waals surface area contributed by atoms with Gasteiger partial charge < -0.3 is 0 Å². The van der Waals surface area contributed by atoms with E-state index in [0.717, 1.165) is 0 Å². The van der Waals surface area contributed by atoms with Crippen molar-refractivity contribution >= 4 is 11.6 Å². The molecule has 0 N–H and O–H groups in total. The average Bonchev–Trinajstić information content (AvgIpc) is 2.68. The summed E-state index contributed by atoms with van der Waals surface area (Å²) in [7, 11) is 0. The van der Waals surface area contributed by atoms with Crippen LogP contribution < -0.4 is 0 Å². The molecule has 0 spiro atoms. The molecule has 0 aromatic rings. The second kappa shape index (κ2) is 3.41. The van der Waals surface area contributed by atoms with Crippen molar-refractivity contribution in [1.82, 2.24) is 0 Å². The molecule has 3 aliphatic rings. The van der Waals surface area contributed by atoms with E-state index in [4.69, 9.17) is 0 Å². The lowest BCUT2D eigenvalue weighted by molar-refractivity contribution is -0.132. The van der Waals surface area contributed by atoms with Gasteiger partial charge in [-0.3, -0.25) is 9.59 Å². The summed E-state index contributed by atoms with van der Waals surface area (Å²) in [4.78, 5) is 24.5. The maximum Gasteiger partial charge on any atom is 0.141 e. The van der Waals surface area contributed by atoms with Crippen molar-refractivity contribution in [1.29, 1.82) is 0 Å². The Kier molecular flexibility index (Phi) is 2.19. The molecule has 0 radical (unpaired) electrons. The maximum absolute atomic E-state index is 12.2. The average molecular weight is 230 g/mol. The third-order valence-corrected chi connectivity index (χ3v) is 4.95. The van der Waals surface area contributed by atoms with E-state index < -0.39 is 0 Å². The molecule has 17 heavy (non-hydrogen) atoms. The topological polar surface area (TPSA) is 34.1 Å². The van der Waals surface area contributed by atoms with E-state index in [-0.39, 0.29) is 40.7 Å². The van der Waals surface area contributed by atoms with E-state index in [1.165, 1.54) is 0 Å². The van der Waals surface area contributed by atoms with Gasteiger partial charge in [0.15, 0.2) is 0 Å². The summed E-state index contributed by atoms with van der Waals surface area (Å²) < 4.78 is 0. The number of carbonyl (C=O) groups is 2. The van der Waals surface area contributed by atoms with Gasteiger partial charge in [-0.15, -0.1) is 0 Å².